The van der Waals surface area contributed by atoms with Crippen LogP contribution in [0.15, 0.2) is 59.6 Å². The van der Waals surface area contributed by atoms with E-state index in [0.29, 0.717) is 18.6 Å². The number of carbonyl (C=O) groups excluding carboxylic acids is 1. The molecular weight excluding hydrogens is 398 g/mol. The molecule has 0 radical (unpaired) electrons. The molecule has 1 amide bonds. The molecule has 2 atom stereocenters. The lowest BCUT2D eigenvalue weighted by molar-refractivity contribution is -0.122. The highest BCUT2D eigenvalue weighted by atomic mass is 16.1. The van der Waals surface area contributed by atoms with Gasteiger partial charge in [0, 0.05) is 50.4 Å². The van der Waals surface area contributed by atoms with Gasteiger partial charge in [0.15, 0.2) is 5.96 Å². The van der Waals surface area contributed by atoms with E-state index in [1.165, 1.54) is 5.56 Å². The monoisotopic (exact) mass is 433 g/mol. The summed E-state index contributed by atoms with van der Waals surface area (Å²) in [6.45, 7) is 4.93. The zero-order valence-electron chi connectivity index (χ0n) is 19.2. The van der Waals surface area contributed by atoms with Gasteiger partial charge in [0.1, 0.15) is 0 Å². The van der Waals surface area contributed by atoms with Crippen molar-refractivity contribution in [1.82, 2.24) is 15.5 Å². The zero-order valence-corrected chi connectivity index (χ0v) is 19.2. The van der Waals surface area contributed by atoms with Crippen molar-refractivity contribution in [2.45, 2.75) is 57.8 Å². The van der Waals surface area contributed by atoms with E-state index in [2.05, 4.69) is 69.2 Å². The van der Waals surface area contributed by atoms with E-state index in [4.69, 9.17) is 0 Å². The van der Waals surface area contributed by atoms with Crippen LogP contribution in [0.25, 0.3) is 0 Å². The molecule has 2 unspecified atom stereocenters. The molecule has 6 nitrogen and oxygen atoms in total. The van der Waals surface area contributed by atoms with Gasteiger partial charge in [-0.3, -0.25) is 14.7 Å². The molecule has 2 aliphatic rings. The minimum absolute atomic E-state index is 0.147. The second kappa shape index (κ2) is 10.6. The predicted octanol–water partition coefficient (Wildman–Crippen LogP) is 3.75. The summed E-state index contributed by atoms with van der Waals surface area (Å²) in [4.78, 5) is 19.2. The number of nitrogens with zero attached hydrogens (tertiary/aromatic N) is 2. The number of likely N-dealkylation sites (tertiary alicyclic amines) is 1. The van der Waals surface area contributed by atoms with Gasteiger partial charge in [0.2, 0.25) is 5.91 Å². The van der Waals surface area contributed by atoms with Crippen molar-refractivity contribution in [1.29, 1.82) is 0 Å². The molecule has 2 fully saturated rings. The molecule has 4 rings (SSSR count). The maximum absolute atomic E-state index is 12.2. The van der Waals surface area contributed by atoms with E-state index in [9.17, 15) is 4.79 Å². The van der Waals surface area contributed by atoms with Crippen LogP contribution >= 0.6 is 0 Å². The van der Waals surface area contributed by atoms with Crippen LogP contribution in [0.1, 0.15) is 43.7 Å². The highest BCUT2D eigenvalue weighted by molar-refractivity contribution is 5.93. The van der Waals surface area contributed by atoms with Gasteiger partial charge in [-0.1, -0.05) is 48.9 Å². The molecule has 1 saturated carbocycles. The average molecular weight is 434 g/mol. The maximum atomic E-state index is 12.2. The summed E-state index contributed by atoms with van der Waals surface area (Å²) in [5, 5.41) is 10.1. The lowest BCUT2D eigenvalue weighted by Gasteiger charge is -2.24. The maximum Gasteiger partial charge on any atom is 0.227 e. The molecule has 0 spiro atoms. The third-order valence-corrected chi connectivity index (χ3v) is 6.63. The number of guanidine groups is 1. The van der Waals surface area contributed by atoms with Gasteiger partial charge in [-0.05, 0) is 49.4 Å². The number of hydrogen-bond acceptors (Lipinski definition) is 3. The van der Waals surface area contributed by atoms with Crippen LogP contribution < -0.4 is 16.0 Å². The van der Waals surface area contributed by atoms with E-state index < -0.39 is 0 Å². The highest BCUT2D eigenvalue weighted by Crippen LogP contribution is 2.27. The number of hydrogen-bond donors (Lipinski definition) is 3. The van der Waals surface area contributed by atoms with Crippen LogP contribution in [0.2, 0.25) is 0 Å². The molecule has 1 aliphatic heterocycles. The fourth-order valence-electron chi connectivity index (χ4n) is 4.49. The Hall–Kier alpha value is -2.86. The van der Waals surface area contributed by atoms with Gasteiger partial charge in [-0.15, -0.1) is 0 Å². The molecule has 6 heteroatoms. The van der Waals surface area contributed by atoms with Gasteiger partial charge in [0.25, 0.3) is 0 Å². The van der Waals surface area contributed by atoms with E-state index in [1.807, 2.05) is 25.2 Å². The van der Waals surface area contributed by atoms with Gasteiger partial charge >= 0.3 is 0 Å². The molecule has 1 heterocycles. The van der Waals surface area contributed by atoms with Crippen LogP contribution in [0, 0.1) is 5.92 Å². The summed E-state index contributed by atoms with van der Waals surface area (Å²) < 4.78 is 0. The van der Waals surface area contributed by atoms with E-state index in [0.717, 1.165) is 56.0 Å². The first-order chi connectivity index (χ1) is 15.6. The normalized spacial score (nSPS) is 21.8. The fraction of sp³-hybridized carbons (Fsp3) is 0.462. The van der Waals surface area contributed by atoms with Gasteiger partial charge in [-0.25, -0.2) is 0 Å². The smallest absolute Gasteiger partial charge is 0.227 e. The molecule has 170 valence electrons. The fourth-order valence-corrected chi connectivity index (χ4v) is 4.49. The summed E-state index contributed by atoms with van der Waals surface area (Å²) in [5.41, 5.74) is 3.34. The molecule has 2 aromatic carbocycles. The minimum atomic E-state index is 0.147. The van der Waals surface area contributed by atoms with E-state index >= 15 is 0 Å². The van der Waals surface area contributed by atoms with Crippen LogP contribution in [-0.2, 0) is 17.9 Å². The second-order valence-electron chi connectivity index (χ2n) is 9.08. The number of aliphatic imine (C=N–C) groups is 1. The molecule has 1 aliphatic carbocycles. The lowest BCUT2D eigenvalue weighted by Crippen LogP contribution is -2.44. The van der Waals surface area contributed by atoms with Crippen molar-refractivity contribution in [3.63, 3.8) is 0 Å². The van der Waals surface area contributed by atoms with Crippen LogP contribution in [0.4, 0.5) is 5.69 Å². The van der Waals surface area contributed by atoms with Crippen molar-refractivity contribution in [2.24, 2.45) is 10.9 Å². The van der Waals surface area contributed by atoms with Crippen molar-refractivity contribution in [3.8, 4) is 0 Å². The second-order valence-corrected chi connectivity index (χ2v) is 9.08. The first kappa shape index (κ1) is 22.3. The Morgan fingerprint density at radius 1 is 1.09 bits per heavy atom. The van der Waals surface area contributed by atoms with Gasteiger partial charge in [-0.2, -0.15) is 0 Å². The van der Waals surface area contributed by atoms with Crippen molar-refractivity contribution in [2.75, 3.05) is 18.9 Å². The molecule has 1 saturated heterocycles. The molecule has 2 aromatic rings. The van der Waals surface area contributed by atoms with Crippen LogP contribution in [0.3, 0.4) is 0 Å². The molecule has 0 bridgehead atoms. The Morgan fingerprint density at radius 2 is 1.88 bits per heavy atom. The van der Waals surface area contributed by atoms with Crippen molar-refractivity contribution < 1.29 is 4.79 Å². The van der Waals surface area contributed by atoms with Crippen LogP contribution in [0.5, 0.6) is 0 Å². The minimum Gasteiger partial charge on any atom is -0.352 e. The SMILES string of the molecule is CN=C(NCc1cccc(NC(=O)C2CCC2)c1)NC1CC(C)N(Cc2ccccc2)C1. The summed E-state index contributed by atoms with van der Waals surface area (Å²) in [7, 11) is 1.81. The first-order valence-electron chi connectivity index (χ1n) is 11.8. The van der Waals surface area contributed by atoms with E-state index in [1.54, 1.807) is 0 Å². The van der Waals surface area contributed by atoms with Gasteiger partial charge < -0.3 is 16.0 Å². The Bertz CT molecular complexity index is 925. The highest BCUT2D eigenvalue weighted by Gasteiger charge is 2.29. The first-order valence-corrected chi connectivity index (χ1v) is 11.8. The third-order valence-electron chi connectivity index (χ3n) is 6.63. The zero-order chi connectivity index (χ0) is 22.3. The topological polar surface area (TPSA) is 68.8 Å². The van der Waals surface area contributed by atoms with Crippen molar-refractivity contribution in [3.05, 3.63) is 65.7 Å². The summed E-state index contributed by atoms with van der Waals surface area (Å²) in [5.74, 6) is 1.15. The Labute approximate surface area is 191 Å². The number of benzene rings is 2. The third kappa shape index (κ3) is 5.88. The Morgan fingerprint density at radius 3 is 2.59 bits per heavy atom. The number of carbonyl (C=O) groups is 1. The van der Waals surface area contributed by atoms with Crippen molar-refractivity contribution >= 4 is 17.6 Å². The number of anilines is 1. The molecule has 3 N–H and O–H groups in total. The Balaban J connectivity index is 1.26. The summed E-state index contributed by atoms with van der Waals surface area (Å²) >= 11 is 0. The quantitative estimate of drug-likeness (QED) is 0.459. The van der Waals surface area contributed by atoms with Gasteiger partial charge in [0.05, 0.1) is 0 Å². The van der Waals surface area contributed by atoms with E-state index in [-0.39, 0.29) is 11.8 Å². The summed E-state index contributed by atoms with van der Waals surface area (Å²) in [6, 6.07) is 19.6. The number of nitrogens with one attached hydrogen (secondary N) is 3. The number of amides is 1. The molecule has 32 heavy (non-hydrogen) atoms. The predicted molar refractivity (Wildman–Crippen MR) is 130 cm³/mol. The largest absolute Gasteiger partial charge is 0.352 e. The van der Waals surface area contributed by atoms with Crippen LogP contribution in [-0.4, -0.2) is 42.4 Å². The number of rotatable bonds is 7. The average Bonchev–Trinajstić information content (AvgIpc) is 3.09. The Kier molecular flexibility index (Phi) is 7.43. The standard InChI is InChI=1S/C26H35N5O/c1-19-14-24(18-31(19)17-20-8-4-3-5-9-20)30-26(27-2)28-16-21-10-6-13-23(15-21)29-25(32)22-11-7-12-22/h3-6,8-10,13,15,19,22,24H,7,11-12,14,16-18H2,1-2H3,(H,29,32)(H2,27,28,30). The molecule has 0 aromatic heterocycles. The molecular formula is C26H35N5O. The lowest BCUT2D eigenvalue weighted by atomic mass is 9.85. The summed E-state index contributed by atoms with van der Waals surface area (Å²) in [6.07, 6.45) is 4.28.